The summed E-state index contributed by atoms with van der Waals surface area (Å²) < 4.78 is 27.1. The van der Waals surface area contributed by atoms with Gasteiger partial charge in [0.25, 0.3) is 0 Å². The average molecular weight is 286 g/mol. The zero-order valence-electron chi connectivity index (χ0n) is 11.2. The lowest BCUT2D eigenvalue weighted by Gasteiger charge is -2.15. The van der Waals surface area contributed by atoms with E-state index in [-0.39, 0.29) is 12.0 Å². The van der Waals surface area contributed by atoms with Crippen LogP contribution >= 0.6 is 0 Å². The van der Waals surface area contributed by atoms with Gasteiger partial charge in [-0.05, 0) is 25.0 Å². The van der Waals surface area contributed by atoms with Crippen LogP contribution in [0.15, 0.2) is 12.1 Å². The Hall–Kier alpha value is -2.18. The molecule has 0 saturated carbocycles. The molecule has 0 heterocycles. The Labute approximate surface area is 115 Å². The molecule has 1 aromatic rings. The highest BCUT2D eigenvalue weighted by Gasteiger charge is 2.20. The standard InChI is InChI=1S/C13H16F2N2O3/c1-3-4-9(12(18)19)16-13(20)17-11-8(14)6-5-7(2)10(11)15/h5-6,9H,3-4H2,1-2H3,(H,18,19)(H2,16,17,20). The molecule has 0 aliphatic carbocycles. The van der Waals surface area contributed by atoms with Gasteiger partial charge in [-0.15, -0.1) is 0 Å². The van der Waals surface area contributed by atoms with Crippen LogP contribution in [0.3, 0.4) is 0 Å². The number of aliphatic carboxylic acids is 1. The van der Waals surface area contributed by atoms with Crippen molar-refractivity contribution in [2.24, 2.45) is 0 Å². The Bertz CT molecular complexity index is 521. The quantitative estimate of drug-likeness (QED) is 0.778. The molecule has 7 heteroatoms. The summed E-state index contributed by atoms with van der Waals surface area (Å²) in [5.41, 5.74) is -0.423. The Morgan fingerprint density at radius 3 is 2.55 bits per heavy atom. The van der Waals surface area contributed by atoms with E-state index in [1.807, 2.05) is 5.32 Å². The van der Waals surface area contributed by atoms with E-state index in [0.29, 0.717) is 6.42 Å². The first-order chi connectivity index (χ1) is 9.36. The second-order valence-electron chi connectivity index (χ2n) is 4.33. The molecule has 5 nitrogen and oxygen atoms in total. The predicted octanol–water partition coefficient (Wildman–Crippen LogP) is 2.65. The predicted molar refractivity (Wildman–Crippen MR) is 69.6 cm³/mol. The Morgan fingerprint density at radius 1 is 1.35 bits per heavy atom. The third-order valence-electron chi connectivity index (χ3n) is 2.70. The number of carbonyl (C=O) groups excluding carboxylic acids is 1. The minimum absolute atomic E-state index is 0.171. The number of rotatable bonds is 5. The number of hydrogen-bond donors (Lipinski definition) is 3. The molecule has 0 aromatic heterocycles. The van der Waals surface area contributed by atoms with Gasteiger partial charge in [0.2, 0.25) is 0 Å². The van der Waals surface area contributed by atoms with Crippen LogP contribution in [0.4, 0.5) is 19.3 Å². The van der Waals surface area contributed by atoms with Crippen LogP contribution in [-0.4, -0.2) is 23.1 Å². The monoisotopic (exact) mass is 286 g/mol. The number of carbonyl (C=O) groups is 2. The minimum Gasteiger partial charge on any atom is -0.480 e. The second kappa shape index (κ2) is 6.83. The minimum atomic E-state index is -1.20. The van der Waals surface area contributed by atoms with Crippen molar-refractivity contribution in [1.29, 1.82) is 0 Å². The van der Waals surface area contributed by atoms with E-state index in [1.165, 1.54) is 13.0 Å². The molecule has 1 aromatic carbocycles. The molecular formula is C13H16F2N2O3. The molecule has 0 fully saturated rings. The molecule has 1 rings (SSSR count). The number of aryl methyl sites for hydroxylation is 1. The van der Waals surface area contributed by atoms with E-state index in [0.717, 1.165) is 6.07 Å². The summed E-state index contributed by atoms with van der Waals surface area (Å²) >= 11 is 0. The highest BCUT2D eigenvalue weighted by Crippen LogP contribution is 2.21. The van der Waals surface area contributed by atoms with Crippen LogP contribution in [0.2, 0.25) is 0 Å². The van der Waals surface area contributed by atoms with E-state index in [4.69, 9.17) is 5.11 Å². The second-order valence-corrected chi connectivity index (χ2v) is 4.33. The largest absolute Gasteiger partial charge is 0.480 e. The molecule has 20 heavy (non-hydrogen) atoms. The Kier molecular flexibility index (Phi) is 5.42. The lowest BCUT2D eigenvalue weighted by Crippen LogP contribution is -2.43. The maximum Gasteiger partial charge on any atom is 0.326 e. The van der Waals surface area contributed by atoms with Crippen LogP contribution in [0.5, 0.6) is 0 Å². The van der Waals surface area contributed by atoms with Crippen LogP contribution in [0.1, 0.15) is 25.3 Å². The first-order valence-electron chi connectivity index (χ1n) is 6.11. The highest BCUT2D eigenvalue weighted by atomic mass is 19.1. The summed E-state index contributed by atoms with van der Waals surface area (Å²) in [5, 5.41) is 13.0. The van der Waals surface area contributed by atoms with E-state index in [2.05, 4.69) is 5.32 Å². The lowest BCUT2D eigenvalue weighted by molar-refractivity contribution is -0.139. The fourth-order valence-corrected chi connectivity index (χ4v) is 1.63. The van der Waals surface area contributed by atoms with Gasteiger partial charge in [0.05, 0.1) is 0 Å². The van der Waals surface area contributed by atoms with Crippen molar-refractivity contribution in [3.8, 4) is 0 Å². The summed E-state index contributed by atoms with van der Waals surface area (Å²) in [7, 11) is 0. The van der Waals surface area contributed by atoms with Crippen molar-refractivity contribution in [2.45, 2.75) is 32.7 Å². The summed E-state index contributed by atoms with van der Waals surface area (Å²) in [6.45, 7) is 3.18. The van der Waals surface area contributed by atoms with E-state index in [1.54, 1.807) is 6.92 Å². The maximum absolute atomic E-state index is 13.7. The van der Waals surface area contributed by atoms with Gasteiger partial charge in [0.1, 0.15) is 17.5 Å². The molecule has 0 aliphatic rings. The summed E-state index contributed by atoms with van der Waals surface area (Å²) in [6, 6.07) is 0.199. The molecular weight excluding hydrogens is 270 g/mol. The van der Waals surface area contributed by atoms with E-state index >= 15 is 0 Å². The fraction of sp³-hybridized carbons (Fsp3) is 0.385. The summed E-state index contributed by atoms with van der Waals surface area (Å²) in [5.74, 6) is -3.01. The van der Waals surface area contributed by atoms with Gasteiger partial charge in [-0.2, -0.15) is 0 Å². The highest BCUT2D eigenvalue weighted by molar-refractivity contribution is 5.92. The molecule has 0 radical (unpaired) electrons. The first kappa shape index (κ1) is 15.9. The number of halogens is 2. The van der Waals surface area contributed by atoms with Crippen molar-refractivity contribution in [3.05, 3.63) is 29.3 Å². The first-order valence-corrected chi connectivity index (χ1v) is 6.11. The van der Waals surface area contributed by atoms with E-state index < -0.39 is 35.4 Å². The Morgan fingerprint density at radius 2 is 2.00 bits per heavy atom. The summed E-state index contributed by atoms with van der Waals surface area (Å²) in [4.78, 5) is 22.5. The third kappa shape index (κ3) is 3.91. The van der Waals surface area contributed by atoms with Gasteiger partial charge in [-0.1, -0.05) is 19.4 Å². The van der Waals surface area contributed by atoms with Gasteiger partial charge >= 0.3 is 12.0 Å². The number of benzene rings is 1. The van der Waals surface area contributed by atoms with E-state index in [9.17, 15) is 18.4 Å². The smallest absolute Gasteiger partial charge is 0.326 e. The topological polar surface area (TPSA) is 78.4 Å². The number of nitrogens with one attached hydrogen (secondary N) is 2. The molecule has 0 saturated heterocycles. The van der Waals surface area contributed by atoms with Crippen molar-refractivity contribution in [1.82, 2.24) is 5.32 Å². The zero-order valence-corrected chi connectivity index (χ0v) is 11.2. The van der Waals surface area contributed by atoms with Crippen molar-refractivity contribution in [3.63, 3.8) is 0 Å². The van der Waals surface area contributed by atoms with Crippen LogP contribution in [0, 0.1) is 18.6 Å². The molecule has 0 aliphatic heterocycles. The molecule has 1 atom stereocenters. The van der Waals surface area contributed by atoms with Crippen LogP contribution in [-0.2, 0) is 4.79 Å². The normalized spacial score (nSPS) is 11.8. The molecule has 0 bridgehead atoms. The number of carboxylic acids is 1. The molecule has 3 N–H and O–H groups in total. The molecule has 0 spiro atoms. The van der Waals surface area contributed by atoms with Gasteiger partial charge in [-0.25, -0.2) is 18.4 Å². The number of hydrogen-bond acceptors (Lipinski definition) is 2. The summed E-state index contributed by atoms with van der Waals surface area (Å²) in [6.07, 6.45) is 0.770. The van der Waals surface area contributed by atoms with Crippen molar-refractivity contribution >= 4 is 17.7 Å². The van der Waals surface area contributed by atoms with Crippen molar-refractivity contribution < 1.29 is 23.5 Å². The number of anilines is 1. The average Bonchev–Trinajstić information content (AvgIpc) is 2.38. The van der Waals surface area contributed by atoms with Crippen LogP contribution < -0.4 is 10.6 Å². The number of carboxylic acid groups (broad SMARTS) is 1. The zero-order chi connectivity index (χ0) is 15.3. The van der Waals surface area contributed by atoms with Gasteiger partial charge in [0.15, 0.2) is 5.82 Å². The SMILES string of the molecule is CCCC(NC(=O)Nc1c(F)ccc(C)c1F)C(=O)O. The van der Waals surface area contributed by atoms with Crippen molar-refractivity contribution in [2.75, 3.05) is 5.32 Å². The van der Waals surface area contributed by atoms with Crippen LogP contribution in [0.25, 0.3) is 0 Å². The number of amides is 2. The Balaban J connectivity index is 2.81. The van der Waals surface area contributed by atoms with Gasteiger partial charge in [-0.3, -0.25) is 0 Å². The molecule has 1 unspecified atom stereocenters. The molecule has 2 amide bonds. The van der Waals surface area contributed by atoms with Gasteiger partial charge < -0.3 is 15.7 Å². The van der Waals surface area contributed by atoms with Gasteiger partial charge in [0, 0.05) is 0 Å². The maximum atomic E-state index is 13.7. The molecule has 110 valence electrons. The fourth-order valence-electron chi connectivity index (χ4n) is 1.63. The third-order valence-corrected chi connectivity index (χ3v) is 2.70. The lowest BCUT2D eigenvalue weighted by atomic mass is 10.2. The number of urea groups is 1.